The summed E-state index contributed by atoms with van der Waals surface area (Å²) in [5, 5.41) is 22.7. The highest BCUT2D eigenvalue weighted by Crippen LogP contribution is 2.19. The van der Waals surface area contributed by atoms with Crippen LogP contribution in [-0.4, -0.2) is 53.5 Å². The third-order valence-electron chi connectivity index (χ3n) is 4.72. The number of hydrogen-bond acceptors (Lipinski definition) is 5. The van der Waals surface area contributed by atoms with E-state index in [0.717, 1.165) is 29.7 Å². The minimum absolute atomic E-state index is 0.0381. The quantitative estimate of drug-likeness (QED) is 0.720. The van der Waals surface area contributed by atoms with Gasteiger partial charge in [0.2, 0.25) is 0 Å². The molecule has 2 N–H and O–H groups in total. The molecule has 4 rings (SSSR count). The van der Waals surface area contributed by atoms with Gasteiger partial charge in [0, 0.05) is 25.2 Å². The number of amides is 1. The summed E-state index contributed by atoms with van der Waals surface area (Å²) in [6, 6.07) is 7.33. The van der Waals surface area contributed by atoms with Gasteiger partial charge in [-0.3, -0.25) is 9.48 Å². The Labute approximate surface area is 150 Å². The Kier molecular flexibility index (Phi) is 4.44. The molecule has 26 heavy (non-hydrogen) atoms. The average Bonchev–Trinajstić information content (AvgIpc) is 3.19. The van der Waals surface area contributed by atoms with Crippen molar-refractivity contribution < 1.29 is 15.0 Å². The van der Waals surface area contributed by atoms with E-state index in [-0.39, 0.29) is 19.1 Å². The van der Waals surface area contributed by atoms with Gasteiger partial charge in [-0.05, 0) is 30.7 Å². The van der Waals surface area contributed by atoms with Crippen molar-refractivity contribution in [3.63, 3.8) is 0 Å². The van der Waals surface area contributed by atoms with Crippen LogP contribution in [0.2, 0.25) is 0 Å². The lowest BCUT2D eigenvalue weighted by Gasteiger charge is -2.20. The maximum atomic E-state index is 13.0. The molecule has 3 heterocycles. The van der Waals surface area contributed by atoms with Crippen molar-refractivity contribution in [3.8, 4) is 0 Å². The van der Waals surface area contributed by atoms with E-state index >= 15 is 0 Å². The van der Waals surface area contributed by atoms with E-state index in [0.29, 0.717) is 30.9 Å². The first-order valence-electron chi connectivity index (χ1n) is 8.71. The third kappa shape index (κ3) is 2.97. The van der Waals surface area contributed by atoms with Gasteiger partial charge in [-0.15, -0.1) is 0 Å². The van der Waals surface area contributed by atoms with Gasteiger partial charge in [0.1, 0.15) is 0 Å². The lowest BCUT2D eigenvalue weighted by atomic mass is 10.1. The molecule has 0 saturated carbocycles. The molecule has 2 aromatic heterocycles. The van der Waals surface area contributed by atoms with Gasteiger partial charge < -0.3 is 19.7 Å². The number of carbonyl (C=O) groups is 1. The summed E-state index contributed by atoms with van der Waals surface area (Å²) in [6.07, 6.45) is 2.49. The molecule has 1 aliphatic rings. The van der Waals surface area contributed by atoms with E-state index in [4.69, 9.17) is 5.11 Å². The summed E-state index contributed by atoms with van der Waals surface area (Å²) in [5.41, 5.74) is 3.81. The van der Waals surface area contributed by atoms with Crippen LogP contribution in [0.5, 0.6) is 0 Å². The normalized spacial score (nSPS) is 14.5. The Hall–Kier alpha value is -2.71. The summed E-state index contributed by atoms with van der Waals surface area (Å²) in [4.78, 5) is 19.1. The smallest absolute Gasteiger partial charge is 0.254 e. The molecule has 1 amide bonds. The molecule has 8 heteroatoms. The standard InChI is InChI=1S/C18H21N5O3/c24-7-6-22-12-19-16-8-13(2-3-17(16)22)18(26)21-4-1-5-23-15(10-21)9-14(11-25)20-23/h2-3,8-9,12,24-25H,1,4-7,10-11H2. The van der Waals surface area contributed by atoms with Crippen LogP contribution in [-0.2, 0) is 26.2 Å². The zero-order valence-corrected chi connectivity index (χ0v) is 14.4. The van der Waals surface area contributed by atoms with Crippen LogP contribution in [0.4, 0.5) is 0 Å². The highest BCUT2D eigenvalue weighted by atomic mass is 16.3. The van der Waals surface area contributed by atoms with E-state index < -0.39 is 0 Å². The number of fused-ring (bicyclic) bond motifs is 2. The minimum atomic E-state index is -0.0961. The summed E-state index contributed by atoms with van der Waals surface area (Å²) >= 11 is 0. The first-order chi connectivity index (χ1) is 12.7. The number of carbonyl (C=O) groups excluding carboxylic acids is 1. The number of aliphatic hydroxyl groups excluding tert-OH is 2. The minimum Gasteiger partial charge on any atom is -0.395 e. The fourth-order valence-corrected chi connectivity index (χ4v) is 3.44. The summed E-state index contributed by atoms with van der Waals surface area (Å²) < 4.78 is 3.74. The van der Waals surface area contributed by atoms with Crippen molar-refractivity contribution in [3.05, 3.63) is 47.5 Å². The first-order valence-corrected chi connectivity index (χ1v) is 8.71. The monoisotopic (exact) mass is 355 g/mol. The Morgan fingerprint density at radius 1 is 1.19 bits per heavy atom. The van der Waals surface area contributed by atoms with Crippen LogP contribution in [0, 0.1) is 0 Å². The van der Waals surface area contributed by atoms with Gasteiger partial charge in [0.15, 0.2) is 0 Å². The molecule has 0 spiro atoms. The molecule has 1 aromatic carbocycles. The number of rotatable bonds is 4. The second-order valence-electron chi connectivity index (χ2n) is 6.45. The molecule has 0 fully saturated rings. The maximum absolute atomic E-state index is 13.0. The van der Waals surface area contributed by atoms with Crippen molar-refractivity contribution in [2.24, 2.45) is 0 Å². The van der Waals surface area contributed by atoms with Crippen molar-refractivity contribution in [2.45, 2.75) is 32.7 Å². The van der Waals surface area contributed by atoms with Gasteiger partial charge in [-0.1, -0.05) is 0 Å². The van der Waals surface area contributed by atoms with Crippen molar-refractivity contribution >= 4 is 16.9 Å². The second kappa shape index (κ2) is 6.89. The van der Waals surface area contributed by atoms with Crippen LogP contribution in [0.25, 0.3) is 11.0 Å². The number of nitrogens with zero attached hydrogens (tertiary/aromatic N) is 5. The van der Waals surface area contributed by atoms with Crippen LogP contribution in [0.3, 0.4) is 0 Å². The molecule has 1 aliphatic heterocycles. The zero-order chi connectivity index (χ0) is 18.1. The Morgan fingerprint density at radius 3 is 2.88 bits per heavy atom. The highest BCUT2D eigenvalue weighted by molar-refractivity contribution is 5.97. The molecule has 0 unspecified atom stereocenters. The topological polar surface area (TPSA) is 96.4 Å². The van der Waals surface area contributed by atoms with Crippen molar-refractivity contribution in [1.82, 2.24) is 24.2 Å². The van der Waals surface area contributed by atoms with Crippen LogP contribution < -0.4 is 0 Å². The van der Waals surface area contributed by atoms with Gasteiger partial charge >= 0.3 is 0 Å². The van der Waals surface area contributed by atoms with Crippen LogP contribution in [0.1, 0.15) is 28.2 Å². The van der Waals surface area contributed by atoms with Crippen LogP contribution in [0.15, 0.2) is 30.6 Å². The Morgan fingerprint density at radius 2 is 2.08 bits per heavy atom. The number of imidazole rings is 1. The molecule has 0 bridgehead atoms. The molecular formula is C18H21N5O3. The second-order valence-corrected chi connectivity index (χ2v) is 6.45. The zero-order valence-electron chi connectivity index (χ0n) is 14.4. The van der Waals surface area contributed by atoms with E-state index in [2.05, 4.69) is 10.1 Å². The number of benzene rings is 1. The lowest BCUT2D eigenvalue weighted by molar-refractivity contribution is 0.0746. The van der Waals surface area contributed by atoms with Crippen LogP contribution >= 0.6 is 0 Å². The number of aliphatic hydroxyl groups is 2. The summed E-state index contributed by atoms with van der Waals surface area (Å²) in [6.45, 7) is 2.30. The van der Waals surface area contributed by atoms with Gasteiger partial charge in [0.05, 0.1) is 48.5 Å². The van der Waals surface area contributed by atoms with Gasteiger partial charge in [-0.25, -0.2) is 4.98 Å². The van der Waals surface area contributed by atoms with E-state index in [1.165, 1.54) is 0 Å². The number of aromatic nitrogens is 4. The molecule has 0 aliphatic carbocycles. The predicted octanol–water partition coefficient (Wildman–Crippen LogP) is 0.763. The van der Waals surface area contributed by atoms with Gasteiger partial charge in [0.25, 0.3) is 5.91 Å². The summed E-state index contributed by atoms with van der Waals surface area (Å²) in [5.74, 6) is -0.0381. The largest absolute Gasteiger partial charge is 0.395 e. The molecule has 8 nitrogen and oxygen atoms in total. The number of hydrogen-bond donors (Lipinski definition) is 2. The summed E-state index contributed by atoms with van der Waals surface area (Å²) in [7, 11) is 0. The Balaban J connectivity index is 1.59. The molecule has 0 atom stereocenters. The van der Waals surface area contributed by atoms with E-state index in [1.807, 2.05) is 32.3 Å². The predicted molar refractivity (Wildman–Crippen MR) is 94.3 cm³/mol. The number of aryl methyl sites for hydroxylation is 1. The maximum Gasteiger partial charge on any atom is 0.254 e. The fraction of sp³-hybridized carbons (Fsp3) is 0.389. The fourth-order valence-electron chi connectivity index (χ4n) is 3.44. The first kappa shape index (κ1) is 16.7. The van der Waals surface area contributed by atoms with Crippen molar-refractivity contribution in [1.29, 1.82) is 0 Å². The highest BCUT2D eigenvalue weighted by Gasteiger charge is 2.22. The van der Waals surface area contributed by atoms with E-state index in [1.54, 1.807) is 12.4 Å². The van der Waals surface area contributed by atoms with Gasteiger partial charge in [-0.2, -0.15) is 5.10 Å². The van der Waals surface area contributed by atoms with E-state index in [9.17, 15) is 9.90 Å². The Bertz CT molecular complexity index is 946. The molecular weight excluding hydrogens is 334 g/mol. The third-order valence-corrected chi connectivity index (χ3v) is 4.72. The molecule has 3 aromatic rings. The molecule has 0 saturated heterocycles. The lowest BCUT2D eigenvalue weighted by Crippen LogP contribution is -2.30. The average molecular weight is 355 g/mol. The van der Waals surface area contributed by atoms with Crippen molar-refractivity contribution in [2.75, 3.05) is 13.2 Å². The molecule has 0 radical (unpaired) electrons. The SMILES string of the molecule is O=C(c1ccc2c(c1)ncn2CCO)N1CCCn2nc(CO)cc2C1. The molecule has 136 valence electrons.